The van der Waals surface area contributed by atoms with Crippen molar-refractivity contribution < 1.29 is 14.0 Å². The molecule has 1 aromatic carbocycles. The molecule has 0 bridgehead atoms. The van der Waals surface area contributed by atoms with Gasteiger partial charge >= 0.3 is 0 Å². The van der Waals surface area contributed by atoms with Crippen molar-refractivity contribution >= 4 is 11.8 Å². The van der Waals surface area contributed by atoms with Gasteiger partial charge in [0, 0.05) is 37.1 Å². The second kappa shape index (κ2) is 12.4. The van der Waals surface area contributed by atoms with Gasteiger partial charge in [-0.3, -0.25) is 9.59 Å². The predicted octanol–water partition coefficient (Wildman–Crippen LogP) is 4.40. The predicted molar refractivity (Wildman–Crippen MR) is 136 cm³/mol. The maximum atomic E-state index is 13.0. The van der Waals surface area contributed by atoms with Gasteiger partial charge in [0.25, 0.3) is 11.8 Å². The minimum absolute atomic E-state index is 0.0294. The molecule has 186 valence electrons. The molecule has 1 fully saturated rings. The van der Waals surface area contributed by atoms with E-state index in [2.05, 4.69) is 21.7 Å². The quantitative estimate of drug-likeness (QED) is 0.445. The number of likely N-dealkylation sites (tertiary alicyclic amines) is 1. The molecule has 1 aliphatic rings. The molecule has 1 saturated heterocycles. The number of hydrogen-bond acceptors (Lipinski definition) is 4. The molecule has 0 atom stereocenters. The lowest BCUT2D eigenvalue weighted by molar-refractivity contribution is 0.0739. The molecule has 2 aromatic heterocycles. The first-order chi connectivity index (χ1) is 17.1. The fourth-order valence-electron chi connectivity index (χ4n) is 4.58. The van der Waals surface area contributed by atoms with Crippen LogP contribution < -0.4 is 5.32 Å². The van der Waals surface area contributed by atoms with Crippen molar-refractivity contribution in [3.63, 3.8) is 0 Å². The summed E-state index contributed by atoms with van der Waals surface area (Å²) in [5, 5.41) is 2.97. The van der Waals surface area contributed by atoms with Gasteiger partial charge in [0.15, 0.2) is 5.76 Å². The summed E-state index contributed by atoms with van der Waals surface area (Å²) in [6.45, 7) is 7.51. The summed E-state index contributed by atoms with van der Waals surface area (Å²) in [6, 6.07) is 17.0. The van der Waals surface area contributed by atoms with Crippen LogP contribution in [-0.2, 0) is 13.1 Å². The third kappa shape index (κ3) is 6.85. The van der Waals surface area contributed by atoms with E-state index in [9.17, 15) is 9.59 Å². The minimum Gasteiger partial charge on any atom is -0.454 e. The SMILES string of the molecule is CCCN(Cc1cccn1Cc1ccc(C(=O)NCCN2CCCCC2)o1)C(=O)c1ccccc1. The van der Waals surface area contributed by atoms with Crippen molar-refractivity contribution in [2.45, 2.75) is 45.7 Å². The Labute approximate surface area is 207 Å². The number of carbonyl (C=O) groups excluding carboxylic acids is 2. The number of piperidine rings is 1. The zero-order valence-electron chi connectivity index (χ0n) is 20.6. The van der Waals surface area contributed by atoms with E-state index in [1.807, 2.05) is 59.6 Å². The molecular weight excluding hydrogens is 440 g/mol. The molecule has 0 radical (unpaired) electrons. The zero-order valence-corrected chi connectivity index (χ0v) is 20.6. The maximum Gasteiger partial charge on any atom is 0.287 e. The summed E-state index contributed by atoms with van der Waals surface area (Å²) < 4.78 is 7.93. The van der Waals surface area contributed by atoms with Gasteiger partial charge in [0.05, 0.1) is 13.1 Å². The van der Waals surface area contributed by atoms with Crippen LogP contribution in [0.2, 0.25) is 0 Å². The van der Waals surface area contributed by atoms with E-state index in [0.717, 1.165) is 31.7 Å². The average Bonchev–Trinajstić information content (AvgIpc) is 3.54. The van der Waals surface area contributed by atoms with Crippen molar-refractivity contribution in [1.29, 1.82) is 0 Å². The largest absolute Gasteiger partial charge is 0.454 e. The van der Waals surface area contributed by atoms with Crippen molar-refractivity contribution in [3.8, 4) is 0 Å². The van der Waals surface area contributed by atoms with E-state index < -0.39 is 0 Å². The Hall–Kier alpha value is -3.32. The van der Waals surface area contributed by atoms with Crippen LogP contribution in [0, 0.1) is 0 Å². The van der Waals surface area contributed by atoms with Crippen LogP contribution in [0.4, 0.5) is 0 Å². The molecule has 3 heterocycles. The lowest BCUT2D eigenvalue weighted by Crippen LogP contribution is -2.37. The van der Waals surface area contributed by atoms with Gasteiger partial charge in [0.2, 0.25) is 0 Å². The van der Waals surface area contributed by atoms with Crippen LogP contribution in [0.5, 0.6) is 0 Å². The van der Waals surface area contributed by atoms with Gasteiger partial charge in [-0.25, -0.2) is 0 Å². The Kier molecular flexibility index (Phi) is 8.79. The highest BCUT2D eigenvalue weighted by atomic mass is 16.4. The Morgan fingerprint density at radius 1 is 1.00 bits per heavy atom. The summed E-state index contributed by atoms with van der Waals surface area (Å²) in [4.78, 5) is 29.8. The number of benzene rings is 1. The Morgan fingerprint density at radius 2 is 1.80 bits per heavy atom. The van der Waals surface area contributed by atoms with Gasteiger partial charge in [-0.15, -0.1) is 0 Å². The lowest BCUT2D eigenvalue weighted by atomic mass is 10.1. The monoisotopic (exact) mass is 476 g/mol. The number of hydrogen-bond donors (Lipinski definition) is 1. The highest BCUT2D eigenvalue weighted by Crippen LogP contribution is 2.16. The van der Waals surface area contributed by atoms with Crippen LogP contribution in [-0.4, -0.2) is 58.9 Å². The van der Waals surface area contributed by atoms with E-state index in [1.54, 1.807) is 6.07 Å². The molecule has 2 amide bonds. The van der Waals surface area contributed by atoms with Gasteiger partial charge < -0.3 is 24.1 Å². The maximum absolute atomic E-state index is 13.0. The third-order valence-corrected chi connectivity index (χ3v) is 6.45. The summed E-state index contributed by atoms with van der Waals surface area (Å²) in [6.07, 6.45) is 6.66. The molecule has 0 unspecified atom stereocenters. The van der Waals surface area contributed by atoms with E-state index in [4.69, 9.17) is 4.42 Å². The number of nitrogens with one attached hydrogen (secondary N) is 1. The van der Waals surface area contributed by atoms with Crippen molar-refractivity contribution in [3.05, 3.63) is 83.6 Å². The van der Waals surface area contributed by atoms with Crippen molar-refractivity contribution in [2.75, 3.05) is 32.7 Å². The van der Waals surface area contributed by atoms with E-state index in [-0.39, 0.29) is 11.8 Å². The molecular formula is C28H36N4O3. The molecule has 4 rings (SSSR count). The first-order valence-corrected chi connectivity index (χ1v) is 12.7. The highest BCUT2D eigenvalue weighted by molar-refractivity contribution is 5.94. The van der Waals surface area contributed by atoms with Crippen molar-refractivity contribution in [2.24, 2.45) is 0 Å². The van der Waals surface area contributed by atoms with Gasteiger partial charge in [-0.1, -0.05) is 31.5 Å². The Bertz CT molecular complexity index is 1080. The molecule has 7 heteroatoms. The number of nitrogens with zero attached hydrogens (tertiary/aromatic N) is 3. The number of furan rings is 1. The van der Waals surface area contributed by atoms with Gasteiger partial charge in [-0.2, -0.15) is 0 Å². The van der Waals surface area contributed by atoms with E-state index in [1.165, 1.54) is 19.3 Å². The number of carbonyl (C=O) groups is 2. The molecule has 0 spiro atoms. The van der Waals surface area contributed by atoms with Crippen LogP contribution in [0.15, 0.2) is 65.2 Å². The Morgan fingerprint density at radius 3 is 2.57 bits per heavy atom. The fourth-order valence-corrected chi connectivity index (χ4v) is 4.58. The smallest absolute Gasteiger partial charge is 0.287 e. The van der Waals surface area contributed by atoms with Crippen LogP contribution in [0.1, 0.15) is 65.0 Å². The molecule has 0 saturated carbocycles. The zero-order chi connectivity index (χ0) is 24.5. The van der Waals surface area contributed by atoms with Crippen molar-refractivity contribution in [1.82, 2.24) is 19.7 Å². The number of rotatable bonds is 11. The van der Waals surface area contributed by atoms with E-state index >= 15 is 0 Å². The topological polar surface area (TPSA) is 70.7 Å². The minimum atomic E-state index is -0.177. The first kappa shape index (κ1) is 24.8. The van der Waals surface area contributed by atoms with Crippen LogP contribution in [0.25, 0.3) is 0 Å². The molecule has 7 nitrogen and oxygen atoms in total. The first-order valence-electron chi connectivity index (χ1n) is 12.7. The molecule has 35 heavy (non-hydrogen) atoms. The lowest BCUT2D eigenvalue weighted by Gasteiger charge is -2.26. The molecule has 0 aliphatic carbocycles. The van der Waals surface area contributed by atoms with Crippen LogP contribution in [0.3, 0.4) is 0 Å². The summed E-state index contributed by atoms with van der Waals surface area (Å²) in [5.74, 6) is 0.893. The normalized spacial score (nSPS) is 14.1. The molecule has 1 aliphatic heterocycles. The average molecular weight is 477 g/mol. The van der Waals surface area contributed by atoms with Gasteiger partial charge in [-0.05, 0) is 68.8 Å². The number of amides is 2. The van der Waals surface area contributed by atoms with E-state index in [0.29, 0.717) is 43.3 Å². The standard InChI is InChI=1S/C28H36N4O3/c1-2-16-32(28(34)23-10-5-3-6-11-23)21-24-12-9-19-31(24)22-25-13-14-26(35-25)27(33)29-15-20-30-17-7-4-8-18-30/h3,5-6,9-14,19H,2,4,7-8,15-18,20-22H2,1H3,(H,29,33). The fraction of sp³-hybridized carbons (Fsp3) is 0.429. The molecule has 1 N–H and O–H groups in total. The second-order valence-electron chi connectivity index (χ2n) is 9.14. The highest BCUT2D eigenvalue weighted by Gasteiger charge is 2.18. The Balaban J connectivity index is 1.34. The number of aromatic nitrogens is 1. The van der Waals surface area contributed by atoms with Gasteiger partial charge in [0.1, 0.15) is 5.76 Å². The second-order valence-corrected chi connectivity index (χ2v) is 9.14. The summed E-state index contributed by atoms with van der Waals surface area (Å²) in [7, 11) is 0. The van der Waals surface area contributed by atoms with Crippen LogP contribution >= 0.6 is 0 Å². The summed E-state index contributed by atoms with van der Waals surface area (Å²) >= 11 is 0. The third-order valence-electron chi connectivity index (χ3n) is 6.45. The summed E-state index contributed by atoms with van der Waals surface area (Å²) in [5.41, 5.74) is 1.72. The molecule has 3 aromatic rings.